The van der Waals surface area contributed by atoms with Gasteiger partial charge in [0.15, 0.2) is 18.3 Å². The first-order chi connectivity index (χ1) is 19.4. The SMILES string of the molecule is COC(=O)C1=C[C@H](NC(=O)Nc2ccccc2OC)[C@@H](NC(C)=O)[C@H]([C@H](OC(C)=O)[C@@H](COC(C)=O)OC(C)=O)O1. The van der Waals surface area contributed by atoms with Crippen LogP contribution in [0, 0.1) is 0 Å². The van der Waals surface area contributed by atoms with E-state index >= 15 is 0 Å². The molecular weight excluding hydrogens is 546 g/mol. The highest BCUT2D eigenvalue weighted by Crippen LogP contribution is 2.28. The number of benzene rings is 1. The number of ether oxygens (including phenoxy) is 6. The number of amides is 3. The van der Waals surface area contributed by atoms with Crippen LogP contribution in [0.3, 0.4) is 0 Å². The van der Waals surface area contributed by atoms with Gasteiger partial charge in [0.25, 0.3) is 0 Å². The second-order valence-electron chi connectivity index (χ2n) is 8.68. The molecule has 0 radical (unpaired) electrons. The summed E-state index contributed by atoms with van der Waals surface area (Å²) in [5.74, 6) is -3.99. The fourth-order valence-electron chi connectivity index (χ4n) is 3.97. The minimum atomic E-state index is -1.55. The van der Waals surface area contributed by atoms with Gasteiger partial charge in [0, 0.05) is 27.7 Å². The Morgan fingerprint density at radius 1 is 0.902 bits per heavy atom. The average Bonchev–Trinajstić information content (AvgIpc) is 2.89. The number of hydrogen-bond acceptors (Lipinski definition) is 12. The lowest BCUT2D eigenvalue weighted by atomic mass is 9.91. The number of methoxy groups -OCH3 is 2. The quantitative estimate of drug-likeness (QED) is 0.244. The van der Waals surface area contributed by atoms with Crippen LogP contribution in [-0.4, -0.2) is 87.0 Å². The van der Waals surface area contributed by atoms with E-state index in [4.69, 9.17) is 28.4 Å². The van der Waals surface area contributed by atoms with Crippen LogP contribution in [-0.2, 0) is 47.7 Å². The summed E-state index contributed by atoms with van der Waals surface area (Å²) < 4.78 is 31.5. The van der Waals surface area contributed by atoms with Crippen molar-refractivity contribution < 1.29 is 57.2 Å². The van der Waals surface area contributed by atoms with Gasteiger partial charge in [-0.25, -0.2) is 9.59 Å². The summed E-state index contributed by atoms with van der Waals surface area (Å²) in [6.45, 7) is 3.87. The Bertz CT molecular complexity index is 1180. The largest absolute Gasteiger partial charge is 0.495 e. The predicted octanol–water partition coefficient (Wildman–Crippen LogP) is 0.572. The zero-order chi connectivity index (χ0) is 30.7. The molecule has 0 saturated carbocycles. The molecule has 3 N–H and O–H groups in total. The van der Waals surface area contributed by atoms with Crippen molar-refractivity contribution in [2.24, 2.45) is 0 Å². The molecule has 0 saturated heterocycles. The Hall–Kier alpha value is -4.82. The predicted molar refractivity (Wildman–Crippen MR) is 139 cm³/mol. The molecule has 1 aromatic carbocycles. The number of urea groups is 1. The molecule has 2 rings (SSSR count). The lowest BCUT2D eigenvalue weighted by molar-refractivity contribution is -0.188. The molecule has 0 bridgehead atoms. The first-order valence-corrected chi connectivity index (χ1v) is 12.3. The first-order valence-electron chi connectivity index (χ1n) is 12.3. The molecule has 0 aliphatic carbocycles. The number of carbonyl (C=O) groups is 6. The molecule has 0 fully saturated rings. The van der Waals surface area contributed by atoms with Crippen LogP contribution >= 0.6 is 0 Å². The third-order valence-corrected chi connectivity index (χ3v) is 5.50. The van der Waals surface area contributed by atoms with Gasteiger partial charge in [-0.05, 0) is 18.2 Å². The third-order valence-electron chi connectivity index (χ3n) is 5.50. The Morgan fingerprint density at radius 2 is 1.56 bits per heavy atom. The van der Waals surface area contributed by atoms with Gasteiger partial charge in [-0.1, -0.05) is 12.1 Å². The molecule has 0 aromatic heterocycles. The lowest BCUT2D eigenvalue weighted by Crippen LogP contribution is -2.64. The number of nitrogens with one attached hydrogen (secondary N) is 3. The van der Waals surface area contributed by atoms with E-state index in [1.165, 1.54) is 20.1 Å². The van der Waals surface area contributed by atoms with Crippen molar-refractivity contribution >= 4 is 41.5 Å². The van der Waals surface area contributed by atoms with E-state index in [0.717, 1.165) is 27.9 Å². The smallest absolute Gasteiger partial charge is 0.373 e. The molecule has 1 aromatic rings. The van der Waals surface area contributed by atoms with Crippen molar-refractivity contribution in [3.05, 3.63) is 36.1 Å². The van der Waals surface area contributed by atoms with Gasteiger partial charge in [-0.15, -0.1) is 0 Å². The van der Waals surface area contributed by atoms with Crippen LogP contribution in [0.2, 0.25) is 0 Å². The highest BCUT2D eigenvalue weighted by molar-refractivity contribution is 5.92. The molecule has 5 atom stereocenters. The van der Waals surface area contributed by atoms with Gasteiger partial charge in [-0.2, -0.15) is 0 Å². The molecular formula is C26H33N3O12. The van der Waals surface area contributed by atoms with Crippen LogP contribution in [0.25, 0.3) is 0 Å². The molecule has 1 aliphatic rings. The van der Waals surface area contributed by atoms with Gasteiger partial charge >= 0.3 is 29.9 Å². The first kappa shape index (κ1) is 32.4. The highest BCUT2D eigenvalue weighted by atomic mass is 16.6. The van der Waals surface area contributed by atoms with Crippen LogP contribution < -0.4 is 20.7 Å². The summed E-state index contributed by atoms with van der Waals surface area (Å²) in [5, 5.41) is 7.86. The van der Waals surface area contributed by atoms with Crippen LogP contribution in [0.4, 0.5) is 10.5 Å². The Kier molecular flexibility index (Phi) is 11.9. The standard InChI is InChI=1S/C26H33N3O12/c1-13(30)27-22-18(29-26(35)28-17-9-7-8-10-19(17)36-5)11-20(25(34)37-6)41-24(22)23(40-16(4)33)21(39-15(3)32)12-38-14(2)31/h7-11,18,21-24H,12H2,1-6H3,(H,27,30)(H2,28,29,35)/t18-,21+,22+,23+,24+/m0/s1. The van der Waals surface area contributed by atoms with Gasteiger partial charge in [0.2, 0.25) is 11.7 Å². The molecule has 15 heteroatoms. The lowest BCUT2D eigenvalue weighted by Gasteiger charge is -2.41. The maximum atomic E-state index is 13.0. The summed E-state index contributed by atoms with van der Waals surface area (Å²) in [5.41, 5.74) is 0.318. The Morgan fingerprint density at radius 3 is 2.12 bits per heavy atom. The van der Waals surface area contributed by atoms with E-state index in [9.17, 15) is 28.8 Å². The highest BCUT2D eigenvalue weighted by Gasteiger charge is 2.48. The average molecular weight is 580 g/mol. The zero-order valence-electron chi connectivity index (χ0n) is 23.4. The molecule has 224 valence electrons. The normalized spacial score (nSPS) is 19.1. The fourth-order valence-corrected chi connectivity index (χ4v) is 3.97. The van der Waals surface area contributed by atoms with E-state index in [0.29, 0.717) is 11.4 Å². The summed E-state index contributed by atoms with van der Waals surface area (Å²) >= 11 is 0. The summed E-state index contributed by atoms with van der Waals surface area (Å²) in [6.07, 6.45) is -3.27. The maximum absolute atomic E-state index is 13.0. The Balaban J connectivity index is 2.56. The summed E-state index contributed by atoms with van der Waals surface area (Å²) in [4.78, 5) is 73.4. The number of hydrogen-bond donors (Lipinski definition) is 3. The van der Waals surface area contributed by atoms with E-state index in [-0.39, 0.29) is 0 Å². The second-order valence-corrected chi connectivity index (χ2v) is 8.68. The van der Waals surface area contributed by atoms with Crippen molar-refractivity contribution in [1.82, 2.24) is 10.6 Å². The van der Waals surface area contributed by atoms with Crippen LogP contribution in [0.5, 0.6) is 5.75 Å². The van der Waals surface area contributed by atoms with E-state index in [2.05, 4.69) is 16.0 Å². The number of carbonyl (C=O) groups excluding carboxylic acids is 6. The number of para-hydroxylation sites is 2. The maximum Gasteiger partial charge on any atom is 0.373 e. The molecule has 0 spiro atoms. The molecule has 1 heterocycles. The monoisotopic (exact) mass is 579 g/mol. The van der Waals surface area contributed by atoms with Gasteiger partial charge in [0.1, 0.15) is 12.4 Å². The number of anilines is 1. The van der Waals surface area contributed by atoms with Crippen molar-refractivity contribution in [3.63, 3.8) is 0 Å². The van der Waals surface area contributed by atoms with Crippen molar-refractivity contribution in [1.29, 1.82) is 0 Å². The molecule has 41 heavy (non-hydrogen) atoms. The minimum Gasteiger partial charge on any atom is -0.495 e. The second kappa shape index (κ2) is 15.1. The zero-order valence-corrected chi connectivity index (χ0v) is 23.4. The van der Waals surface area contributed by atoms with Crippen molar-refractivity contribution in [2.75, 3.05) is 26.1 Å². The number of rotatable bonds is 11. The van der Waals surface area contributed by atoms with Crippen molar-refractivity contribution in [3.8, 4) is 5.75 Å². The van der Waals surface area contributed by atoms with Crippen LogP contribution in [0.1, 0.15) is 27.7 Å². The van der Waals surface area contributed by atoms with Crippen LogP contribution in [0.15, 0.2) is 36.1 Å². The van der Waals surface area contributed by atoms with Crippen molar-refractivity contribution in [2.45, 2.75) is 58.1 Å². The fraction of sp³-hybridized carbons (Fsp3) is 0.462. The summed E-state index contributed by atoms with van der Waals surface area (Å²) in [7, 11) is 2.51. The van der Waals surface area contributed by atoms with E-state index in [1.807, 2.05) is 0 Å². The van der Waals surface area contributed by atoms with Gasteiger partial charge in [0.05, 0.1) is 32.0 Å². The van der Waals surface area contributed by atoms with E-state index in [1.54, 1.807) is 24.3 Å². The minimum absolute atomic E-state index is 0.318. The molecule has 1 aliphatic heterocycles. The van der Waals surface area contributed by atoms with Gasteiger partial charge < -0.3 is 44.4 Å². The van der Waals surface area contributed by atoms with Gasteiger partial charge in [-0.3, -0.25) is 19.2 Å². The molecule has 0 unspecified atom stereocenters. The third kappa shape index (κ3) is 9.70. The summed E-state index contributed by atoms with van der Waals surface area (Å²) in [6, 6.07) is 3.42. The number of esters is 4. The molecule has 3 amide bonds. The Labute approximate surface area is 235 Å². The molecule has 15 nitrogen and oxygen atoms in total. The topological polar surface area (TPSA) is 194 Å². The van der Waals surface area contributed by atoms with E-state index < -0.39 is 78.6 Å².